The van der Waals surface area contributed by atoms with Crippen molar-refractivity contribution in [3.05, 3.63) is 23.8 Å². The molecule has 1 unspecified atom stereocenters. The molecule has 1 rings (SSSR count). The maximum Gasteiger partial charge on any atom is 0.286 e. The minimum Gasteiger partial charge on any atom is -0.420 e. The SMILES string of the molecule is CC1=CC(OC#N)CC=C1. The van der Waals surface area contributed by atoms with Crippen molar-refractivity contribution in [2.45, 2.75) is 19.4 Å². The van der Waals surface area contributed by atoms with Gasteiger partial charge in [-0.1, -0.05) is 17.7 Å². The first-order chi connectivity index (χ1) is 4.83. The average molecular weight is 135 g/mol. The fourth-order valence-corrected chi connectivity index (χ4v) is 0.955. The maximum absolute atomic E-state index is 8.18. The Morgan fingerprint density at radius 1 is 1.80 bits per heavy atom. The molecular formula is C8H9NO. The van der Waals surface area contributed by atoms with Crippen LogP contribution >= 0.6 is 0 Å². The molecule has 0 aliphatic heterocycles. The molecule has 0 spiro atoms. The number of hydrogen-bond acceptors (Lipinski definition) is 2. The number of ether oxygens (including phenoxy) is 1. The van der Waals surface area contributed by atoms with Crippen LogP contribution in [0.2, 0.25) is 0 Å². The third kappa shape index (κ3) is 1.63. The maximum atomic E-state index is 8.18. The summed E-state index contributed by atoms with van der Waals surface area (Å²) in [7, 11) is 0. The molecule has 10 heavy (non-hydrogen) atoms. The van der Waals surface area contributed by atoms with Crippen LogP contribution in [-0.2, 0) is 4.74 Å². The van der Waals surface area contributed by atoms with E-state index in [0.717, 1.165) is 12.0 Å². The average Bonchev–Trinajstić information content (AvgIpc) is 1.88. The molecule has 2 heteroatoms. The molecule has 2 nitrogen and oxygen atoms in total. The number of allylic oxidation sites excluding steroid dienone is 2. The fourth-order valence-electron chi connectivity index (χ4n) is 0.955. The van der Waals surface area contributed by atoms with Gasteiger partial charge in [0.15, 0.2) is 0 Å². The van der Waals surface area contributed by atoms with Gasteiger partial charge < -0.3 is 4.74 Å². The highest BCUT2D eigenvalue weighted by atomic mass is 16.5. The summed E-state index contributed by atoms with van der Waals surface area (Å²) in [6.45, 7) is 1.99. The first kappa shape index (κ1) is 6.88. The van der Waals surface area contributed by atoms with E-state index in [1.54, 1.807) is 6.26 Å². The summed E-state index contributed by atoms with van der Waals surface area (Å²) in [5.41, 5.74) is 1.16. The van der Waals surface area contributed by atoms with Crippen molar-refractivity contribution in [1.82, 2.24) is 0 Å². The highest BCUT2D eigenvalue weighted by Gasteiger charge is 2.06. The summed E-state index contributed by atoms with van der Waals surface area (Å²) in [6.07, 6.45) is 8.44. The van der Waals surface area contributed by atoms with Gasteiger partial charge in [0.25, 0.3) is 6.26 Å². The Morgan fingerprint density at radius 3 is 3.20 bits per heavy atom. The lowest BCUT2D eigenvalue weighted by molar-refractivity contribution is 0.206. The lowest BCUT2D eigenvalue weighted by Gasteiger charge is -2.10. The van der Waals surface area contributed by atoms with Crippen LogP contribution in [0.4, 0.5) is 0 Å². The molecule has 0 radical (unpaired) electrons. The topological polar surface area (TPSA) is 33.0 Å². The molecule has 1 aliphatic rings. The Labute approximate surface area is 60.4 Å². The lowest BCUT2D eigenvalue weighted by atomic mass is 10.1. The van der Waals surface area contributed by atoms with Gasteiger partial charge in [0.2, 0.25) is 0 Å². The van der Waals surface area contributed by atoms with Crippen LogP contribution in [0.25, 0.3) is 0 Å². The largest absolute Gasteiger partial charge is 0.420 e. The van der Waals surface area contributed by atoms with Gasteiger partial charge in [0, 0.05) is 6.42 Å². The van der Waals surface area contributed by atoms with Gasteiger partial charge in [-0.15, -0.1) is 0 Å². The van der Waals surface area contributed by atoms with Gasteiger partial charge in [-0.05, 0) is 13.0 Å². The van der Waals surface area contributed by atoms with Crippen LogP contribution in [0.5, 0.6) is 0 Å². The van der Waals surface area contributed by atoms with Crippen molar-refractivity contribution in [3.63, 3.8) is 0 Å². The molecule has 0 fully saturated rings. The van der Waals surface area contributed by atoms with E-state index in [2.05, 4.69) is 0 Å². The van der Waals surface area contributed by atoms with Gasteiger partial charge in [0.1, 0.15) is 6.10 Å². The van der Waals surface area contributed by atoms with Crippen molar-refractivity contribution in [2.75, 3.05) is 0 Å². The van der Waals surface area contributed by atoms with E-state index in [9.17, 15) is 0 Å². The van der Waals surface area contributed by atoms with Gasteiger partial charge in [-0.25, -0.2) is 0 Å². The molecule has 0 aromatic carbocycles. The highest BCUT2D eigenvalue weighted by molar-refractivity contribution is 5.22. The Bertz CT molecular complexity index is 210. The van der Waals surface area contributed by atoms with Crippen molar-refractivity contribution in [2.24, 2.45) is 0 Å². The van der Waals surface area contributed by atoms with Crippen LogP contribution in [0, 0.1) is 11.5 Å². The first-order valence-corrected chi connectivity index (χ1v) is 3.22. The smallest absolute Gasteiger partial charge is 0.286 e. The molecule has 0 saturated heterocycles. The predicted octanol–water partition coefficient (Wildman–Crippen LogP) is 1.76. The van der Waals surface area contributed by atoms with E-state index < -0.39 is 0 Å². The van der Waals surface area contributed by atoms with Crippen molar-refractivity contribution in [3.8, 4) is 6.26 Å². The molecule has 0 N–H and O–H groups in total. The molecule has 1 atom stereocenters. The second kappa shape index (κ2) is 3.07. The van der Waals surface area contributed by atoms with Gasteiger partial charge in [-0.2, -0.15) is 5.26 Å². The zero-order valence-electron chi connectivity index (χ0n) is 5.87. The molecule has 0 aromatic heterocycles. The molecule has 0 heterocycles. The van der Waals surface area contributed by atoms with Gasteiger partial charge in [-0.3, -0.25) is 0 Å². The van der Waals surface area contributed by atoms with Crippen molar-refractivity contribution < 1.29 is 4.74 Å². The monoisotopic (exact) mass is 135 g/mol. The number of nitriles is 1. The zero-order chi connectivity index (χ0) is 7.40. The van der Waals surface area contributed by atoms with Crippen LogP contribution in [0.1, 0.15) is 13.3 Å². The third-order valence-corrected chi connectivity index (χ3v) is 1.40. The Morgan fingerprint density at radius 2 is 2.60 bits per heavy atom. The minimum atomic E-state index is -0.0324. The second-order valence-electron chi connectivity index (χ2n) is 2.30. The summed E-state index contributed by atoms with van der Waals surface area (Å²) in [4.78, 5) is 0. The zero-order valence-corrected chi connectivity index (χ0v) is 5.87. The molecule has 0 bridgehead atoms. The quantitative estimate of drug-likeness (QED) is 0.513. The van der Waals surface area contributed by atoms with Crippen molar-refractivity contribution >= 4 is 0 Å². The normalized spacial score (nSPS) is 23.2. The lowest BCUT2D eigenvalue weighted by Crippen LogP contribution is -2.07. The van der Waals surface area contributed by atoms with Gasteiger partial charge >= 0.3 is 0 Å². The summed E-state index contributed by atoms with van der Waals surface area (Å²) in [5.74, 6) is 0. The van der Waals surface area contributed by atoms with E-state index in [4.69, 9.17) is 10.00 Å². The summed E-state index contributed by atoms with van der Waals surface area (Å²) in [6, 6.07) is 0. The molecule has 0 aromatic rings. The number of nitrogens with zero attached hydrogens (tertiary/aromatic N) is 1. The van der Waals surface area contributed by atoms with Crippen LogP contribution < -0.4 is 0 Å². The predicted molar refractivity (Wildman–Crippen MR) is 38.0 cm³/mol. The standard InChI is InChI=1S/C8H9NO/c1-7-3-2-4-8(5-7)10-6-9/h2-3,5,8H,4H2,1H3. The Balaban J connectivity index is 2.53. The summed E-state index contributed by atoms with van der Waals surface area (Å²) < 4.78 is 4.73. The van der Waals surface area contributed by atoms with Crippen LogP contribution in [0.15, 0.2) is 23.8 Å². The Kier molecular flexibility index (Phi) is 2.11. The van der Waals surface area contributed by atoms with Crippen molar-refractivity contribution in [1.29, 1.82) is 5.26 Å². The van der Waals surface area contributed by atoms with Crippen LogP contribution in [0.3, 0.4) is 0 Å². The molecule has 1 aliphatic carbocycles. The molecule has 0 saturated carbocycles. The minimum absolute atomic E-state index is 0.0324. The fraction of sp³-hybridized carbons (Fsp3) is 0.375. The number of rotatable bonds is 1. The molecule has 52 valence electrons. The van der Waals surface area contributed by atoms with E-state index in [1.807, 2.05) is 25.2 Å². The second-order valence-corrected chi connectivity index (χ2v) is 2.30. The van der Waals surface area contributed by atoms with E-state index in [1.165, 1.54) is 0 Å². The highest BCUT2D eigenvalue weighted by Crippen LogP contribution is 2.11. The first-order valence-electron chi connectivity index (χ1n) is 3.22. The number of hydrogen-bond donors (Lipinski definition) is 0. The van der Waals surface area contributed by atoms with E-state index >= 15 is 0 Å². The van der Waals surface area contributed by atoms with Gasteiger partial charge in [0.05, 0.1) is 0 Å². The van der Waals surface area contributed by atoms with Crippen LogP contribution in [-0.4, -0.2) is 6.10 Å². The summed E-state index contributed by atoms with van der Waals surface area (Å²) in [5, 5.41) is 8.18. The van der Waals surface area contributed by atoms with E-state index in [0.29, 0.717) is 0 Å². The van der Waals surface area contributed by atoms with E-state index in [-0.39, 0.29) is 6.10 Å². The molecular weight excluding hydrogens is 126 g/mol. The summed E-state index contributed by atoms with van der Waals surface area (Å²) >= 11 is 0. The Hall–Kier alpha value is -1.23. The third-order valence-electron chi connectivity index (χ3n) is 1.40. The molecule has 0 amide bonds.